The molecule has 0 aliphatic carbocycles. The minimum Gasteiger partial charge on any atom is -0.308 e. The number of nitrogens with zero attached hydrogens (tertiary/aromatic N) is 1. The van der Waals surface area contributed by atoms with E-state index in [1.807, 2.05) is 18.2 Å². The van der Waals surface area contributed by atoms with E-state index in [1.54, 1.807) is 19.2 Å². The van der Waals surface area contributed by atoms with E-state index in [0.29, 0.717) is 17.4 Å². The molecule has 2 aromatic rings. The van der Waals surface area contributed by atoms with Gasteiger partial charge in [-0.2, -0.15) is 0 Å². The normalized spacial score (nSPS) is 10.4. The number of hydrogen-bond acceptors (Lipinski definition) is 2. The predicted molar refractivity (Wildman–Crippen MR) is 54.6 cm³/mol. The summed E-state index contributed by atoms with van der Waals surface area (Å²) in [4.78, 5) is 22.4. The van der Waals surface area contributed by atoms with Crippen LogP contribution in [-0.4, -0.2) is 10.9 Å². The van der Waals surface area contributed by atoms with Gasteiger partial charge in [0, 0.05) is 12.4 Å². The minimum absolute atomic E-state index is 0.134. The van der Waals surface area contributed by atoms with E-state index in [9.17, 15) is 9.59 Å². The topological polar surface area (TPSA) is 39.1 Å². The number of hydrogen-bond donors (Lipinski definition) is 0. The van der Waals surface area contributed by atoms with E-state index in [-0.39, 0.29) is 5.56 Å². The summed E-state index contributed by atoms with van der Waals surface area (Å²) in [7, 11) is 1.60. The number of aromatic nitrogens is 1. The smallest absolute Gasteiger partial charge is 0.258 e. The highest BCUT2D eigenvalue weighted by Gasteiger charge is 2.03. The standard InChI is InChI=1S/C11H9NO2/c1-12-9(7-13)6-8-4-2-3-5-10(8)11(12)14/h2-7H,1H3. The van der Waals surface area contributed by atoms with Crippen molar-refractivity contribution >= 4 is 17.1 Å². The maximum absolute atomic E-state index is 11.7. The molecule has 0 saturated heterocycles. The summed E-state index contributed by atoms with van der Waals surface area (Å²) >= 11 is 0. The lowest BCUT2D eigenvalue weighted by molar-refractivity contribution is 0.111. The van der Waals surface area contributed by atoms with Crippen LogP contribution in [0.3, 0.4) is 0 Å². The van der Waals surface area contributed by atoms with Crippen LogP contribution in [0.25, 0.3) is 10.8 Å². The quantitative estimate of drug-likeness (QED) is 0.632. The van der Waals surface area contributed by atoms with E-state index >= 15 is 0 Å². The molecule has 14 heavy (non-hydrogen) atoms. The lowest BCUT2D eigenvalue weighted by Crippen LogP contribution is -2.19. The van der Waals surface area contributed by atoms with E-state index in [0.717, 1.165) is 5.39 Å². The van der Waals surface area contributed by atoms with Crippen LogP contribution in [-0.2, 0) is 7.05 Å². The molecule has 3 nitrogen and oxygen atoms in total. The average molecular weight is 187 g/mol. The second-order valence-corrected chi connectivity index (χ2v) is 3.14. The van der Waals surface area contributed by atoms with Gasteiger partial charge in [0.25, 0.3) is 5.56 Å². The molecular formula is C11H9NO2. The molecule has 0 aliphatic heterocycles. The van der Waals surface area contributed by atoms with Crippen molar-refractivity contribution in [2.75, 3.05) is 0 Å². The highest BCUT2D eigenvalue weighted by Crippen LogP contribution is 2.09. The van der Waals surface area contributed by atoms with Crippen molar-refractivity contribution in [1.29, 1.82) is 0 Å². The molecule has 70 valence electrons. The van der Waals surface area contributed by atoms with Crippen molar-refractivity contribution in [3.8, 4) is 0 Å². The van der Waals surface area contributed by atoms with Crippen molar-refractivity contribution in [2.45, 2.75) is 0 Å². The molecule has 0 saturated carbocycles. The second-order valence-electron chi connectivity index (χ2n) is 3.14. The molecule has 0 unspecified atom stereocenters. The summed E-state index contributed by atoms with van der Waals surface area (Å²) in [5.74, 6) is 0. The lowest BCUT2D eigenvalue weighted by Gasteiger charge is -2.03. The van der Waals surface area contributed by atoms with Gasteiger partial charge in [0.1, 0.15) is 0 Å². The Kier molecular flexibility index (Phi) is 1.93. The molecule has 0 aliphatic rings. The summed E-state index contributed by atoms with van der Waals surface area (Å²) in [6.07, 6.45) is 0.688. The summed E-state index contributed by atoms with van der Waals surface area (Å²) in [6.45, 7) is 0. The maximum Gasteiger partial charge on any atom is 0.258 e. The SMILES string of the molecule is Cn1c(C=O)cc2ccccc2c1=O. The molecule has 3 heteroatoms. The molecule has 0 N–H and O–H groups in total. The Hall–Kier alpha value is -1.90. The highest BCUT2D eigenvalue weighted by molar-refractivity contribution is 5.86. The van der Waals surface area contributed by atoms with Gasteiger partial charge in [0.05, 0.1) is 5.69 Å². The van der Waals surface area contributed by atoms with Crippen LogP contribution in [0.1, 0.15) is 10.5 Å². The Labute approximate surface area is 80.6 Å². The van der Waals surface area contributed by atoms with E-state index in [2.05, 4.69) is 0 Å². The Bertz CT molecular complexity index is 555. The predicted octanol–water partition coefficient (Wildman–Crippen LogP) is 1.35. The number of fused-ring (bicyclic) bond motifs is 1. The number of rotatable bonds is 1. The van der Waals surface area contributed by atoms with E-state index in [1.165, 1.54) is 4.57 Å². The first-order valence-corrected chi connectivity index (χ1v) is 4.28. The van der Waals surface area contributed by atoms with Crippen LogP contribution in [0.15, 0.2) is 35.1 Å². The largest absolute Gasteiger partial charge is 0.308 e. The van der Waals surface area contributed by atoms with Gasteiger partial charge in [-0.15, -0.1) is 0 Å². The summed E-state index contributed by atoms with van der Waals surface area (Å²) in [5.41, 5.74) is 0.263. The van der Waals surface area contributed by atoms with Gasteiger partial charge < -0.3 is 4.57 Å². The Morgan fingerprint density at radius 1 is 1.29 bits per heavy atom. The van der Waals surface area contributed by atoms with Crippen molar-refractivity contribution in [3.63, 3.8) is 0 Å². The molecule has 1 heterocycles. The van der Waals surface area contributed by atoms with Crippen molar-refractivity contribution < 1.29 is 4.79 Å². The van der Waals surface area contributed by atoms with Gasteiger partial charge in [-0.3, -0.25) is 9.59 Å². The zero-order valence-electron chi connectivity index (χ0n) is 7.73. The highest BCUT2D eigenvalue weighted by atomic mass is 16.1. The monoisotopic (exact) mass is 187 g/mol. The van der Waals surface area contributed by atoms with Crippen molar-refractivity contribution in [2.24, 2.45) is 7.05 Å². The van der Waals surface area contributed by atoms with Crippen LogP contribution in [0.5, 0.6) is 0 Å². The average Bonchev–Trinajstić information content (AvgIpc) is 2.23. The van der Waals surface area contributed by atoms with Gasteiger partial charge >= 0.3 is 0 Å². The van der Waals surface area contributed by atoms with Crippen molar-refractivity contribution in [3.05, 3.63) is 46.4 Å². The van der Waals surface area contributed by atoms with Gasteiger partial charge in [0.15, 0.2) is 6.29 Å². The molecule has 0 atom stereocenters. The zero-order valence-corrected chi connectivity index (χ0v) is 7.73. The minimum atomic E-state index is -0.134. The lowest BCUT2D eigenvalue weighted by atomic mass is 10.1. The molecule has 0 radical (unpaired) electrons. The first-order valence-electron chi connectivity index (χ1n) is 4.28. The number of benzene rings is 1. The number of carbonyl (C=O) groups is 1. The molecule has 1 aromatic carbocycles. The molecule has 2 rings (SSSR count). The Morgan fingerprint density at radius 3 is 2.71 bits per heavy atom. The second kappa shape index (κ2) is 3.10. The third kappa shape index (κ3) is 1.14. The number of carbonyl (C=O) groups excluding carboxylic acids is 1. The van der Waals surface area contributed by atoms with Crippen LogP contribution < -0.4 is 5.56 Å². The summed E-state index contributed by atoms with van der Waals surface area (Å²) < 4.78 is 1.36. The fraction of sp³-hybridized carbons (Fsp3) is 0.0909. The Balaban J connectivity index is 2.99. The van der Waals surface area contributed by atoms with Gasteiger partial charge in [0.2, 0.25) is 0 Å². The molecular weight excluding hydrogens is 178 g/mol. The zero-order chi connectivity index (χ0) is 10.1. The third-order valence-corrected chi connectivity index (χ3v) is 2.31. The Morgan fingerprint density at radius 2 is 2.00 bits per heavy atom. The van der Waals surface area contributed by atoms with Crippen molar-refractivity contribution in [1.82, 2.24) is 4.57 Å². The van der Waals surface area contributed by atoms with Gasteiger partial charge in [-0.25, -0.2) is 0 Å². The summed E-state index contributed by atoms with van der Waals surface area (Å²) in [6, 6.07) is 8.94. The fourth-order valence-corrected chi connectivity index (χ4v) is 1.48. The first kappa shape index (κ1) is 8.69. The van der Waals surface area contributed by atoms with Crippen LogP contribution in [0.4, 0.5) is 0 Å². The molecule has 0 amide bonds. The first-order chi connectivity index (χ1) is 6.74. The molecule has 0 fully saturated rings. The molecule has 0 spiro atoms. The summed E-state index contributed by atoms with van der Waals surface area (Å²) in [5, 5.41) is 1.44. The number of aldehydes is 1. The van der Waals surface area contributed by atoms with Gasteiger partial charge in [-0.05, 0) is 17.5 Å². The molecule has 0 bridgehead atoms. The maximum atomic E-state index is 11.7. The van der Waals surface area contributed by atoms with Gasteiger partial charge in [-0.1, -0.05) is 18.2 Å². The third-order valence-electron chi connectivity index (χ3n) is 2.31. The fourth-order valence-electron chi connectivity index (χ4n) is 1.48. The number of pyridine rings is 1. The molecule has 1 aromatic heterocycles. The van der Waals surface area contributed by atoms with Crippen LogP contribution in [0, 0.1) is 0 Å². The van der Waals surface area contributed by atoms with E-state index < -0.39 is 0 Å². The van der Waals surface area contributed by atoms with Crippen LogP contribution in [0.2, 0.25) is 0 Å². The van der Waals surface area contributed by atoms with E-state index in [4.69, 9.17) is 0 Å². The van der Waals surface area contributed by atoms with Crippen LogP contribution >= 0.6 is 0 Å².